The largest absolute Gasteiger partial charge is 0.494 e. The lowest BCUT2D eigenvalue weighted by Gasteiger charge is -2.37. The van der Waals surface area contributed by atoms with Gasteiger partial charge in [0.05, 0.1) is 24.0 Å². The first kappa shape index (κ1) is 32.1. The summed E-state index contributed by atoms with van der Waals surface area (Å²) >= 11 is 0. The summed E-state index contributed by atoms with van der Waals surface area (Å²) in [6.45, 7) is 5.46. The van der Waals surface area contributed by atoms with Gasteiger partial charge in [-0.3, -0.25) is 14.4 Å². The highest BCUT2D eigenvalue weighted by Crippen LogP contribution is 2.57. The zero-order valence-corrected chi connectivity index (χ0v) is 27.6. The van der Waals surface area contributed by atoms with Crippen molar-refractivity contribution in [1.82, 2.24) is 4.90 Å². The van der Waals surface area contributed by atoms with Gasteiger partial charge in [-0.05, 0) is 73.9 Å². The van der Waals surface area contributed by atoms with Crippen molar-refractivity contribution in [2.45, 2.75) is 56.8 Å². The Morgan fingerprint density at radius 3 is 2.23 bits per heavy atom. The maximum absolute atomic E-state index is 14.9. The van der Waals surface area contributed by atoms with Crippen LogP contribution in [-0.4, -0.2) is 77.8 Å². The summed E-state index contributed by atoms with van der Waals surface area (Å²) in [7, 11) is 0. The first-order valence-electron chi connectivity index (χ1n) is 17.1. The Kier molecular flexibility index (Phi) is 8.60. The number of hydrogen-bond acceptors (Lipinski definition) is 6. The fourth-order valence-electron chi connectivity index (χ4n) is 8.21. The number of aliphatic hydroxyl groups excluding tert-OH is 1. The van der Waals surface area contributed by atoms with E-state index in [-0.39, 0.29) is 24.3 Å². The first-order chi connectivity index (χ1) is 23.3. The molecule has 4 aliphatic rings. The number of ether oxygens (including phenoxy) is 2. The van der Waals surface area contributed by atoms with Crippen molar-refractivity contribution in [3.63, 3.8) is 0 Å². The maximum Gasteiger partial charge on any atom is 0.253 e. The van der Waals surface area contributed by atoms with Crippen LogP contribution >= 0.6 is 0 Å². The van der Waals surface area contributed by atoms with Crippen LogP contribution in [0.2, 0.25) is 0 Å². The molecule has 0 radical (unpaired) electrons. The topological polar surface area (TPSA) is 99.6 Å². The molecular weight excluding hydrogens is 606 g/mol. The van der Waals surface area contributed by atoms with E-state index in [0.29, 0.717) is 50.5 Å². The molecule has 4 aliphatic heterocycles. The summed E-state index contributed by atoms with van der Waals surface area (Å²) in [6.07, 6.45) is 10.6. The van der Waals surface area contributed by atoms with Crippen LogP contribution in [0.4, 0.5) is 11.4 Å². The van der Waals surface area contributed by atoms with Crippen LogP contribution in [-0.2, 0) is 19.1 Å². The summed E-state index contributed by atoms with van der Waals surface area (Å²) in [5, 5.41) is 11.4. The molecule has 3 aromatic carbocycles. The van der Waals surface area contributed by atoms with Crippen LogP contribution in [0.1, 0.15) is 39.5 Å². The van der Waals surface area contributed by atoms with Crippen LogP contribution in [0.3, 0.4) is 0 Å². The number of amides is 3. The molecule has 3 aromatic rings. The number of carbonyl (C=O) groups excluding carboxylic acids is 3. The fourth-order valence-corrected chi connectivity index (χ4v) is 8.21. The maximum atomic E-state index is 14.9. The SMILES string of the molecule is CCOc1ccc(N2CC=C[C@]3(C)O[C@]45C=CCN(c6ccc7ccccc7c6)C(=O)C4N(CCCCCCO)C(=O)[C@@H]5[C@@H]3C2=O)cc1. The molecule has 0 aliphatic carbocycles. The average molecular weight is 650 g/mol. The number of hydrogen-bond donors (Lipinski definition) is 1. The molecule has 2 saturated heterocycles. The molecule has 48 heavy (non-hydrogen) atoms. The molecule has 1 unspecified atom stereocenters. The van der Waals surface area contributed by atoms with Crippen molar-refractivity contribution >= 4 is 39.9 Å². The minimum atomic E-state index is -1.33. The van der Waals surface area contributed by atoms with Gasteiger partial charge in [0, 0.05) is 37.6 Å². The second-order valence-electron chi connectivity index (χ2n) is 13.3. The Morgan fingerprint density at radius 2 is 1.48 bits per heavy atom. The zero-order valence-electron chi connectivity index (χ0n) is 27.6. The summed E-state index contributed by atoms with van der Waals surface area (Å²) in [5.41, 5.74) is -0.983. The second kappa shape index (κ2) is 12.9. The van der Waals surface area contributed by atoms with Crippen LogP contribution in [0.25, 0.3) is 10.8 Å². The van der Waals surface area contributed by atoms with Crippen LogP contribution in [0, 0.1) is 11.8 Å². The Labute approximate surface area is 281 Å². The Bertz CT molecular complexity index is 1770. The summed E-state index contributed by atoms with van der Waals surface area (Å²) in [4.78, 5) is 49.4. The quantitative estimate of drug-likeness (QED) is 0.238. The van der Waals surface area contributed by atoms with E-state index in [1.54, 1.807) is 14.7 Å². The molecule has 9 heteroatoms. The van der Waals surface area contributed by atoms with Gasteiger partial charge in [0.1, 0.15) is 17.4 Å². The van der Waals surface area contributed by atoms with Crippen LogP contribution < -0.4 is 14.5 Å². The number of nitrogens with zero attached hydrogens (tertiary/aromatic N) is 3. The minimum Gasteiger partial charge on any atom is -0.494 e. The molecular formula is C39H43N3O6. The van der Waals surface area contributed by atoms with Gasteiger partial charge in [-0.1, -0.05) is 67.5 Å². The highest BCUT2D eigenvalue weighted by molar-refractivity contribution is 6.08. The monoisotopic (exact) mass is 649 g/mol. The summed E-state index contributed by atoms with van der Waals surface area (Å²) < 4.78 is 12.6. The van der Waals surface area contributed by atoms with Gasteiger partial charge < -0.3 is 29.3 Å². The minimum absolute atomic E-state index is 0.120. The molecule has 0 saturated carbocycles. The third-order valence-electron chi connectivity index (χ3n) is 10.4. The average Bonchev–Trinajstić information content (AvgIpc) is 3.35. The van der Waals surface area contributed by atoms with E-state index in [4.69, 9.17) is 9.47 Å². The lowest BCUT2D eigenvalue weighted by molar-refractivity contribution is -0.144. The number of likely N-dealkylation sites (tertiary alicyclic amines) is 1. The number of rotatable bonds is 10. The predicted octanol–water partition coefficient (Wildman–Crippen LogP) is 5.27. The van der Waals surface area contributed by atoms with E-state index < -0.39 is 29.1 Å². The lowest BCUT2D eigenvalue weighted by Crippen LogP contribution is -2.56. The molecule has 0 bridgehead atoms. The van der Waals surface area contributed by atoms with Crippen LogP contribution in [0.15, 0.2) is 91.0 Å². The molecule has 250 valence electrons. The lowest BCUT2D eigenvalue weighted by atomic mass is 9.74. The fraction of sp³-hybridized carbons (Fsp3) is 0.410. The standard InChI is InChI=1S/C39H43N3O6/c1-3-47-31-18-16-29(17-19-31)40-23-10-20-38(2)32(35(40)44)33-36(45)42(22-8-4-5-9-25-43)34-37(46)41(24-11-21-39(33,34)48-38)30-15-14-27-12-6-7-13-28(27)26-30/h6-7,10-21,26,32-34,43H,3-5,8-9,22-25H2,1-2H3/t32-,33+,34?,38+,39+/m1/s1. The summed E-state index contributed by atoms with van der Waals surface area (Å²) in [5.74, 6) is -1.68. The molecule has 0 aromatic heterocycles. The van der Waals surface area contributed by atoms with E-state index in [0.717, 1.165) is 29.3 Å². The Balaban J connectivity index is 1.27. The number of anilines is 2. The Morgan fingerprint density at radius 1 is 0.792 bits per heavy atom. The van der Waals surface area contributed by atoms with E-state index in [2.05, 4.69) is 0 Å². The van der Waals surface area contributed by atoms with Gasteiger partial charge in [-0.2, -0.15) is 0 Å². The second-order valence-corrected chi connectivity index (χ2v) is 13.3. The van der Waals surface area contributed by atoms with Crippen molar-refractivity contribution in [2.75, 3.05) is 42.6 Å². The first-order valence-corrected chi connectivity index (χ1v) is 17.1. The third kappa shape index (κ3) is 5.29. The number of benzene rings is 3. The van der Waals surface area contributed by atoms with Crippen molar-refractivity contribution in [3.05, 3.63) is 91.0 Å². The number of unbranched alkanes of at least 4 members (excludes halogenated alkanes) is 3. The summed E-state index contributed by atoms with van der Waals surface area (Å²) in [6, 6.07) is 20.4. The molecule has 9 nitrogen and oxygen atoms in total. The van der Waals surface area contributed by atoms with Crippen LogP contribution in [0.5, 0.6) is 5.75 Å². The Hall–Kier alpha value is -4.47. The molecule has 3 amide bonds. The van der Waals surface area contributed by atoms with Gasteiger partial charge in [0.15, 0.2) is 0 Å². The highest BCUT2D eigenvalue weighted by Gasteiger charge is 2.74. The predicted molar refractivity (Wildman–Crippen MR) is 185 cm³/mol. The van der Waals surface area contributed by atoms with E-state index >= 15 is 0 Å². The van der Waals surface area contributed by atoms with Crippen molar-refractivity contribution < 1.29 is 29.0 Å². The smallest absolute Gasteiger partial charge is 0.253 e. The van der Waals surface area contributed by atoms with Crippen molar-refractivity contribution in [2.24, 2.45) is 11.8 Å². The van der Waals surface area contributed by atoms with E-state index in [1.807, 2.05) is 105 Å². The van der Waals surface area contributed by atoms with Crippen molar-refractivity contribution in [1.29, 1.82) is 0 Å². The van der Waals surface area contributed by atoms with Gasteiger partial charge in [-0.25, -0.2) is 0 Å². The van der Waals surface area contributed by atoms with Crippen molar-refractivity contribution in [3.8, 4) is 5.75 Å². The zero-order chi connectivity index (χ0) is 33.5. The number of carbonyl (C=O) groups is 3. The van der Waals surface area contributed by atoms with E-state index in [9.17, 15) is 19.5 Å². The van der Waals surface area contributed by atoms with Gasteiger partial charge in [0.2, 0.25) is 11.8 Å². The number of fused-ring (bicyclic) bond motifs is 3. The highest BCUT2D eigenvalue weighted by atomic mass is 16.5. The third-order valence-corrected chi connectivity index (χ3v) is 10.4. The molecule has 5 atom stereocenters. The molecule has 1 spiro atoms. The number of aliphatic hydroxyl groups is 1. The normalized spacial score (nSPS) is 28.0. The van der Waals surface area contributed by atoms with Gasteiger partial charge in [-0.15, -0.1) is 0 Å². The molecule has 7 rings (SSSR count). The molecule has 1 N–H and O–H groups in total. The van der Waals surface area contributed by atoms with Gasteiger partial charge >= 0.3 is 0 Å². The van der Waals surface area contributed by atoms with E-state index in [1.165, 1.54) is 0 Å². The van der Waals surface area contributed by atoms with Gasteiger partial charge in [0.25, 0.3) is 5.91 Å². The molecule has 2 fully saturated rings. The molecule has 4 heterocycles.